The summed E-state index contributed by atoms with van der Waals surface area (Å²) in [6, 6.07) is 6.70. The van der Waals surface area contributed by atoms with Crippen LogP contribution in [0.25, 0.3) is 0 Å². The van der Waals surface area contributed by atoms with Gasteiger partial charge in [-0.1, -0.05) is 55.0 Å². The minimum Gasteiger partial charge on any atom is -0.333 e. The van der Waals surface area contributed by atoms with Crippen LogP contribution < -0.4 is 5.19 Å². The van der Waals surface area contributed by atoms with Crippen molar-refractivity contribution in [1.82, 2.24) is 0 Å². The third kappa shape index (κ3) is 11.0. The monoisotopic (exact) mass is 277 g/mol. The standard InChI is InChI=1S/C12H20BSi.C4H12N/c1-4-5-9-13-14-12-8-6-7-10(2)11(12)3;1-5(2,3)4/h6-8H,4-5,9,14H2,1-3H3;1-4H3/q;+1. The molecule has 1 rings (SSSR count). The van der Waals surface area contributed by atoms with Gasteiger partial charge < -0.3 is 4.48 Å². The molecule has 1 nitrogen and oxygen atoms in total. The van der Waals surface area contributed by atoms with Crippen LogP contribution in [0.2, 0.25) is 6.32 Å². The van der Waals surface area contributed by atoms with E-state index in [1.54, 1.807) is 5.19 Å². The van der Waals surface area contributed by atoms with Crippen LogP contribution in [0.3, 0.4) is 0 Å². The van der Waals surface area contributed by atoms with Crippen molar-refractivity contribution >= 4 is 21.4 Å². The van der Waals surface area contributed by atoms with Gasteiger partial charge in [0.2, 0.25) is 0 Å². The highest BCUT2D eigenvalue weighted by atomic mass is 28.2. The van der Waals surface area contributed by atoms with E-state index in [9.17, 15) is 0 Å². The predicted octanol–water partition coefficient (Wildman–Crippen LogP) is 2.26. The van der Waals surface area contributed by atoms with Crippen molar-refractivity contribution in [2.24, 2.45) is 0 Å². The first-order valence-corrected chi connectivity index (χ1v) is 8.93. The maximum Gasteiger partial charge on any atom is 0.101 e. The van der Waals surface area contributed by atoms with Crippen molar-refractivity contribution in [2.75, 3.05) is 28.2 Å². The normalized spacial score (nSPS) is 11.3. The fourth-order valence-corrected chi connectivity index (χ4v) is 3.30. The van der Waals surface area contributed by atoms with E-state index in [1.165, 1.54) is 30.3 Å². The molecule has 0 unspecified atom stereocenters. The SMILES string of the molecule is CCCC[B][SiH2]c1cccc(C)c1C.C[N+](C)(C)C. The van der Waals surface area contributed by atoms with Gasteiger partial charge >= 0.3 is 0 Å². The van der Waals surface area contributed by atoms with Gasteiger partial charge in [0.1, 0.15) is 6.87 Å². The predicted molar refractivity (Wildman–Crippen MR) is 93.5 cm³/mol. The highest BCUT2D eigenvalue weighted by molar-refractivity contribution is 7.07. The molecule has 0 atom stereocenters. The number of benzene rings is 1. The lowest BCUT2D eigenvalue weighted by molar-refractivity contribution is -0.849. The number of unbranched alkanes of at least 4 members (excludes halogenated alkanes) is 1. The Labute approximate surface area is 124 Å². The average Bonchev–Trinajstić information content (AvgIpc) is 2.28. The second-order valence-corrected chi connectivity index (χ2v) is 8.42. The summed E-state index contributed by atoms with van der Waals surface area (Å²) < 4.78 is 1.00. The molecule has 1 radical (unpaired) electrons. The maximum absolute atomic E-state index is 2.55. The lowest BCUT2D eigenvalue weighted by Gasteiger charge is -2.14. The Balaban J connectivity index is 0.000000555. The summed E-state index contributed by atoms with van der Waals surface area (Å²) in [5.74, 6) is 0. The maximum atomic E-state index is 2.55. The molecule has 19 heavy (non-hydrogen) atoms. The lowest BCUT2D eigenvalue weighted by Crippen LogP contribution is -2.27. The lowest BCUT2D eigenvalue weighted by atomic mass is 9.98. The van der Waals surface area contributed by atoms with Crippen molar-refractivity contribution in [2.45, 2.75) is 39.9 Å². The van der Waals surface area contributed by atoms with Crippen LogP contribution in [0.5, 0.6) is 0 Å². The minimum atomic E-state index is -0.107. The zero-order valence-corrected chi connectivity index (χ0v) is 15.5. The second-order valence-electron chi connectivity index (χ2n) is 6.68. The van der Waals surface area contributed by atoms with E-state index in [1.807, 2.05) is 0 Å². The van der Waals surface area contributed by atoms with Crippen LogP contribution in [0, 0.1) is 13.8 Å². The quantitative estimate of drug-likeness (QED) is 0.440. The largest absolute Gasteiger partial charge is 0.333 e. The number of nitrogens with zero attached hydrogens (tertiary/aromatic N) is 1. The summed E-state index contributed by atoms with van der Waals surface area (Å²) in [6.45, 7) is 9.27. The molecule has 0 fully saturated rings. The Morgan fingerprint density at radius 1 is 1.11 bits per heavy atom. The fraction of sp³-hybridized carbons (Fsp3) is 0.625. The number of aryl methyl sites for hydroxylation is 1. The summed E-state index contributed by atoms with van der Waals surface area (Å²) in [4.78, 5) is 0. The molecule has 0 N–H and O–H groups in total. The summed E-state index contributed by atoms with van der Waals surface area (Å²) in [7, 11) is 8.39. The molecule has 3 heteroatoms. The molecule has 0 spiro atoms. The Morgan fingerprint density at radius 3 is 2.21 bits per heavy atom. The Bertz CT molecular complexity index is 352. The van der Waals surface area contributed by atoms with Crippen molar-refractivity contribution in [1.29, 1.82) is 0 Å². The minimum absolute atomic E-state index is 0.107. The number of quaternary nitrogens is 1. The van der Waals surface area contributed by atoms with E-state index in [2.05, 4.69) is 74.0 Å². The Morgan fingerprint density at radius 2 is 1.68 bits per heavy atom. The number of hydrogen-bond acceptors (Lipinski definition) is 0. The van der Waals surface area contributed by atoms with Gasteiger partial charge in [-0.25, -0.2) is 0 Å². The summed E-state index contributed by atoms with van der Waals surface area (Å²) >= 11 is 0. The molecule has 1 aromatic rings. The van der Waals surface area contributed by atoms with Gasteiger partial charge in [-0.15, -0.1) is 0 Å². The summed E-state index contributed by atoms with van der Waals surface area (Å²) in [6.07, 6.45) is 3.99. The molecule has 0 aliphatic heterocycles. The first kappa shape index (κ1) is 18.5. The molecule has 0 bridgehead atoms. The van der Waals surface area contributed by atoms with Crippen molar-refractivity contribution in [3.05, 3.63) is 29.3 Å². The number of rotatable bonds is 5. The fourth-order valence-electron chi connectivity index (χ4n) is 1.64. The van der Waals surface area contributed by atoms with E-state index < -0.39 is 0 Å². The zero-order chi connectivity index (χ0) is 14.9. The van der Waals surface area contributed by atoms with E-state index in [4.69, 9.17) is 0 Å². The average molecular weight is 277 g/mol. The first-order valence-electron chi connectivity index (χ1n) is 7.41. The third-order valence-corrected chi connectivity index (χ3v) is 4.75. The van der Waals surface area contributed by atoms with Gasteiger partial charge in [0, 0.05) is 9.39 Å². The van der Waals surface area contributed by atoms with Gasteiger partial charge in [-0.05, 0) is 19.4 Å². The smallest absolute Gasteiger partial charge is 0.101 e. The van der Waals surface area contributed by atoms with Crippen molar-refractivity contribution in [3.63, 3.8) is 0 Å². The Kier molecular flexibility index (Phi) is 9.11. The highest BCUT2D eigenvalue weighted by Gasteiger charge is 2.01. The molecule has 107 valence electrons. The Hall–Kier alpha value is -0.538. The van der Waals surface area contributed by atoms with Crippen molar-refractivity contribution in [3.8, 4) is 0 Å². The van der Waals surface area contributed by atoms with Gasteiger partial charge in [-0.3, -0.25) is 0 Å². The topological polar surface area (TPSA) is 0 Å². The molecule has 0 saturated heterocycles. The molecular weight excluding hydrogens is 245 g/mol. The molecule has 0 amide bonds. The highest BCUT2D eigenvalue weighted by Crippen LogP contribution is 2.02. The van der Waals surface area contributed by atoms with Crippen LogP contribution in [0.4, 0.5) is 0 Å². The molecule has 0 aliphatic carbocycles. The van der Waals surface area contributed by atoms with Crippen LogP contribution in [-0.4, -0.2) is 48.9 Å². The van der Waals surface area contributed by atoms with E-state index in [-0.39, 0.29) is 9.39 Å². The van der Waals surface area contributed by atoms with Gasteiger partial charge in [0.05, 0.1) is 28.2 Å². The third-order valence-electron chi connectivity index (χ3n) is 2.84. The summed E-state index contributed by atoms with van der Waals surface area (Å²) in [5.41, 5.74) is 2.96. The first-order chi connectivity index (χ1) is 8.75. The van der Waals surface area contributed by atoms with Gasteiger partial charge in [-0.2, -0.15) is 0 Å². The molecular formula is C16H32BNSi+. The van der Waals surface area contributed by atoms with Crippen molar-refractivity contribution < 1.29 is 4.48 Å². The second kappa shape index (κ2) is 9.38. The van der Waals surface area contributed by atoms with E-state index in [0.717, 1.165) is 4.48 Å². The van der Waals surface area contributed by atoms with Gasteiger partial charge in [0.25, 0.3) is 0 Å². The molecule has 1 aromatic carbocycles. The van der Waals surface area contributed by atoms with Crippen LogP contribution in [0.15, 0.2) is 18.2 Å². The van der Waals surface area contributed by atoms with E-state index >= 15 is 0 Å². The molecule has 0 saturated carbocycles. The van der Waals surface area contributed by atoms with E-state index in [0.29, 0.717) is 0 Å². The van der Waals surface area contributed by atoms with Crippen LogP contribution in [0.1, 0.15) is 30.9 Å². The number of hydrogen-bond donors (Lipinski definition) is 0. The molecule has 0 aromatic heterocycles. The molecule has 0 heterocycles. The van der Waals surface area contributed by atoms with Gasteiger partial charge in [0.15, 0.2) is 0 Å². The zero-order valence-electron chi connectivity index (χ0n) is 14.1. The van der Waals surface area contributed by atoms with Crippen LogP contribution >= 0.6 is 0 Å². The molecule has 0 aliphatic rings. The van der Waals surface area contributed by atoms with Crippen LogP contribution in [-0.2, 0) is 0 Å². The summed E-state index contributed by atoms with van der Waals surface area (Å²) in [5, 5.41) is 1.63.